The monoisotopic (exact) mass is 490 g/mol. The number of hydrogen-bond acceptors (Lipinski definition) is 10. The summed E-state index contributed by atoms with van der Waals surface area (Å²) in [4.78, 5) is 40.8. The Morgan fingerprint density at radius 3 is 2.80 bits per heavy atom. The van der Waals surface area contributed by atoms with E-state index in [9.17, 15) is 14.4 Å². The van der Waals surface area contributed by atoms with Gasteiger partial charge in [0.15, 0.2) is 23.2 Å². The Morgan fingerprint density at radius 1 is 1.26 bits per heavy atom. The number of nitrogens with zero attached hydrogens (tertiary/aromatic N) is 1. The van der Waals surface area contributed by atoms with E-state index in [4.69, 9.17) is 28.4 Å². The lowest BCUT2D eigenvalue weighted by Gasteiger charge is -2.22. The van der Waals surface area contributed by atoms with E-state index in [1.54, 1.807) is 6.92 Å². The fourth-order valence-electron chi connectivity index (χ4n) is 3.49. The lowest BCUT2D eigenvalue weighted by molar-refractivity contribution is -0.152. The molecule has 11 nitrogen and oxygen atoms in total. The third-order valence-corrected chi connectivity index (χ3v) is 5.12. The van der Waals surface area contributed by atoms with Crippen molar-refractivity contribution < 1.29 is 42.8 Å². The Kier molecular flexibility index (Phi) is 9.47. The molecule has 3 rings (SSSR count). The van der Waals surface area contributed by atoms with E-state index >= 15 is 0 Å². The molecule has 1 aliphatic carbocycles. The van der Waals surface area contributed by atoms with E-state index in [1.165, 1.54) is 26.3 Å². The summed E-state index contributed by atoms with van der Waals surface area (Å²) in [5.41, 5.74) is -0.158. The highest BCUT2D eigenvalue weighted by Crippen LogP contribution is 2.29. The lowest BCUT2D eigenvalue weighted by Crippen LogP contribution is -2.45. The number of amides is 1. The molecular weight excluding hydrogens is 460 g/mol. The molecule has 0 spiro atoms. The summed E-state index contributed by atoms with van der Waals surface area (Å²) in [6.45, 7) is 2.62. The van der Waals surface area contributed by atoms with Gasteiger partial charge in [0.2, 0.25) is 6.79 Å². The third-order valence-electron chi connectivity index (χ3n) is 5.12. The molecular formula is C24H30N2O9. The summed E-state index contributed by atoms with van der Waals surface area (Å²) in [6, 6.07) is 0.391. The van der Waals surface area contributed by atoms with Crippen molar-refractivity contribution in [2.75, 3.05) is 27.1 Å². The predicted molar refractivity (Wildman–Crippen MR) is 122 cm³/mol. The van der Waals surface area contributed by atoms with Crippen LogP contribution in [0, 0.1) is 0 Å². The van der Waals surface area contributed by atoms with Crippen molar-refractivity contribution in [3.8, 4) is 11.5 Å². The normalized spacial score (nSPS) is 22.4. The number of carbonyl (C=O) groups excluding carboxylic acids is 3. The molecule has 0 bridgehead atoms. The highest BCUT2D eigenvalue weighted by Gasteiger charge is 2.31. The summed E-state index contributed by atoms with van der Waals surface area (Å²) >= 11 is 0. The second-order valence-corrected chi connectivity index (χ2v) is 7.96. The SMILES string of the molecule is COc1ccnc(C(=O)N[C@H]2COCC(OC3=CCCC=C3)CC(C)OC2=O)c1OCOC(C)=O. The number of carbonyl (C=O) groups is 3. The average molecular weight is 491 g/mol. The predicted octanol–water partition coefficient (Wildman–Crippen LogP) is 2.06. The second kappa shape index (κ2) is 12.7. The third kappa shape index (κ3) is 7.71. The standard InChI is InChI=1S/C24H30N2O9/c1-15-11-18(35-17-7-5-4-6-8-17)12-31-13-19(24(29)34-15)26-23(28)21-22(33-14-32-16(2)27)20(30-3)9-10-25-21/h5,7-10,15,18-19H,4,6,11-14H2,1-3H3,(H,26,28)/t15?,18?,19-/m0/s1. The lowest BCUT2D eigenvalue weighted by atomic mass is 10.1. The van der Waals surface area contributed by atoms with Gasteiger partial charge in [0.1, 0.15) is 18.0 Å². The number of esters is 2. The van der Waals surface area contributed by atoms with Crippen LogP contribution in [0.3, 0.4) is 0 Å². The number of aromatic nitrogens is 1. The quantitative estimate of drug-likeness (QED) is 0.427. The van der Waals surface area contributed by atoms with E-state index in [-0.39, 0.29) is 36.5 Å². The minimum atomic E-state index is -1.09. The molecule has 1 aromatic rings. The van der Waals surface area contributed by atoms with Gasteiger partial charge in [-0.15, -0.1) is 0 Å². The van der Waals surface area contributed by atoms with Crippen LogP contribution in [0.1, 0.15) is 43.6 Å². The first-order valence-electron chi connectivity index (χ1n) is 11.3. The van der Waals surface area contributed by atoms with Crippen molar-refractivity contribution in [2.24, 2.45) is 0 Å². The maximum absolute atomic E-state index is 13.0. The van der Waals surface area contributed by atoms with Crippen molar-refractivity contribution in [3.63, 3.8) is 0 Å². The summed E-state index contributed by atoms with van der Waals surface area (Å²) in [5.74, 6) is -1.00. The average Bonchev–Trinajstić information content (AvgIpc) is 2.88. The van der Waals surface area contributed by atoms with Crippen LogP contribution in [0.25, 0.3) is 0 Å². The van der Waals surface area contributed by atoms with Gasteiger partial charge in [0, 0.05) is 25.6 Å². The molecule has 190 valence electrons. The molecule has 0 saturated carbocycles. The Labute approximate surface area is 203 Å². The summed E-state index contributed by atoms with van der Waals surface area (Å²) in [7, 11) is 1.39. The van der Waals surface area contributed by atoms with Crippen LogP contribution in [0.4, 0.5) is 0 Å². The van der Waals surface area contributed by atoms with E-state index in [0.29, 0.717) is 6.42 Å². The highest BCUT2D eigenvalue weighted by atomic mass is 16.7. The molecule has 2 unspecified atom stereocenters. The van der Waals surface area contributed by atoms with E-state index < -0.39 is 36.8 Å². The number of hydrogen-bond donors (Lipinski definition) is 1. The molecule has 1 saturated heterocycles. The molecule has 2 heterocycles. The summed E-state index contributed by atoms with van der Waals surface area (Å²) < 4.78 is 32.7. The van der Waals surface area contributed by atoms with Gasteiger partial charge in [-0.05, 0) is 31.9 Å². The highest BCUT2D eigenvalue weighted by molar-refractivity contribution is 5.98. The van der Waals surface area contributed by atoms with Crippen LogP contribution >= 0.6 is 0 Å². The van der Waals surface area contributed by atoms with Gasteiger partial charge < -0.3 is 33.7 Å². The molecule has 0 radical (unpaired) electrons. The van der Waals surface area contributed by atoms with Gasteiger partial charge >= 0.3 is 11.9 Å². The summed E-state index contributed by atoms with van der Waals surface area (Å²) in [6.07, 6.45) is 8.85. The maximum Gasteiger partial charge on any atom is 0.331 e. The fourth-order valence-corrected chi connectivity index (χ4v) is 3.49. The first kappa shape index (κ1) is 26.0. The van der Waals surface area contributed by atoms with E-state index in [1.807, 2.05) is 18.2 Å². The Bertz CT molecular complexity index is 976. The van der Waals surface area contributed by atoms with Crippen molar-refractivity contribution in [2.45, 2.75) is 51.4 Å². The molecule has 1 fully saturated rings. The maximum atomic E-state index is 13.0. The second-order valence-electron chi connectivity index (χ2n) is 7.96. The molecule has 3 atom stereocenters. The molecule has 1 aliphatic heterocycles. The summed E-state index contributed by atoms with van der Waals surface area (Å²) in [5, 5.41) is 2.58. The van der Waals surface area contributed by atoms with Crippen LogP contribution < -0.4 is 14.8 Å². The Morgan fingerprint density at radius 2 is 2.09 bits per heavy atom. The van der Waals surface area contributed by atoms with Crippen molar-refractivity contribution in [1.82, 2.24) is 10.3 Å². The van der Waals surface area contributed by atoms with Gasteiger partial charge in [0.05, 0.1) is 20.3 Å². The Balaban J connectivity index is 1.68. The Hall–Kier alpha value is -3.60. The largest absolute Gasteiger partial charge is 0.493 e. The smallest absolute Gasteiger partial charge is 0.331 e. The van der Waals surface area contributed by atoms with Gasteiger partial charge in [-0.3, -0.25) is 9.59 Å². The van der Waals surface area contributed by atoms with Gasteiger partial charge in [0.25, 0.3) is 5.91 Å². The number of ether oxygens (including phenoxy) is 6. The van der Waals surface area contributed by atoms with E-state index in [0.717, 1.165) is 18.6 Å². The zero-order chi connectivity index (χ0) is 25.2. The first-order valence-corrected chi connectivity index (χ1v) is 11.3. The zero-order valence-corrected chi connectivity index (χ0v) is 20.0. The van der Waals surface area contributed by atoms with Crippen LogP contribution in [-0.4, -0.2) is 68.2 Å². The molecule has 1 N–H and O–H groups in total. The van der Waals surface area contributed by atoms with E-state index in [2.05, 4.69) is 10.3 Å². The molecule has 35 heavy (non-hydrogen) atoms. The van der Waals surface area contributed by atoms with Crippen molar-refractivity contribution in [1.29, 1.82) is 0 Å². The van der Waals surface area contributed by atoms with Crippen LogP contribution in [-0.2, 0) is 28.5 Å². The number of nitrogens with one attached hydrogen (secondary N) is 1. The number of cyclic esters (lactones) is 1. The van der Waals surface area contributed by atoms with Gasteiger partial charge in [-0.1, -0.05) is 6.08 Å². The van der Waals surface area contributed by atoms with Crippen molar-refractivity contribution in [3.05, 3.63) is 41.9 Å². The van der Waals surface area contributed by atoms with Crippen LogP contribution in [0.15, 0.2) is 36.3 Å². The van der Waals surface area contributed by atoms with Crippen LogP contribution in [0.5, 0.6) is 11.5 Å². The van der Waals surface area contributed by atoms with Crippen LogP contribution in [0.2, 0.25) is 0 Å². The number of pyridine rings is 1. The van der Waals surface area contributed by atoms with Crippen molar-refractivity contribution >= 4 is 17.8 Å². The zero-order valence-electron chi connectivity index (χ0n) is 20.0. The minimum absolute atomic E-state index is 0.0401. The number of rotatable bonds is 8. The topological polar surface area (TPSA) is 132 Å². The molecule has 0 aromatic carbocycles. The molecule has 11 heteroatoms. The van der Waals surface area contributed by atoms with Gasteiger partial charge in [-0.25, -0.2) is 9.78 Å². The minimum Gasteiger partial charge on any atom is -0.493 e. The molecule has 1 amide bonds. The van der Waals surface area contributed by atoms with Gasteiger partial charge in [-0.2, -0.15) is 0 Å². The number of methoxy groups -OCH3 is 1. The molecule has 1 aromatic heterocycles. The molecule has 2 aliphatic rings. The number of allylic oxidation sites excluding steroid dienone is 3. The fraction of sp³-hybridized carbons (Fsp3) is 0.500. The first-order chi connectivity index (χ1) is 16.9.